The number of carbonyl (C=O) groups is 1. The average Bonchev–Trinajstić information content (AvgIpc) is 2.72. The summed E-state index contributed by atoms with van der Waals surface area (Å²) in [6.07, 6.45) is 0.231. The third-order valence-electron chi connectivity index (χ3n) is 4.45. The summed E-state index contributed by atoms with van der Waals surface area (Å²) in [5, 5.41) is 20.7. The average molecular weight is 478 g/mol. The number of anilines is 2. The van der Waals surface area contributed by atoms with E-state index in [1.807, 2.05) is 19.0 Å². The molecule has 1 atom stereocenters. The number of fused-ring (bicyclic) bond motifs is 1. The lowest BCUT2D eigenvalue weighted by molar-refractivity contribution is -0.105. The summed E-state index contributed by atoms with van der Waals surface area (Å²) >= 11 is -2.88. The Labute approximate surface area is 185 Å². The van der Waals surface area contributed by atoms with Crippen molar-refractivity contribution in [3.05, 3.63) is 42.5 Å². The topological polar surface area (TPSA) is 172 Å². The summed E-state index contributed by atoms with van der Waals surface area (Å²) < 4.78 is 56.0. The van der Waals surface area contributed by atoms with Crippen LogP contribution in [-0.2, 0) is 26.0 Å². The second kappa shape index (κ2) is 9.00. The van der Waals surface area contributed by atoms with E-state index < -0.39 is 42.4 Å². The second-order valence-electron chi connectivity index (χ2n) is 6.72. The molecular weight excluding hydrogens is 460 g/mol. The van der Waals surface area contributed by atoms with Crippen LogP contribution in [0.1, 0.15) is 0 Å². The molecule has 0 spiro atoms. The number of nitrogens with one attached hydrogen (secondary N) is 1. The first-order valence-corrected chi connectivity index (χ1v) is 11.3. The fraction of sp³-hybridized carbons (Fsp3) is 0.105. The van der Waals surface area contributed by atoms with Crippen LogP contribution in [-0.4, -0.2) is 47.3 Å². The third-order valence-corrected chi connectivity index (χ3v) is 5.95. The number of phenols is 1. The van der Waals surface area contributed by atoms with Crippen molar-refractivity contribution in [1.82, 2.24) is 0 Å². The molecule has 3 rings (SSSR count). The molecule has 0 saturated heterocycles. The number of phenolic OH excluding ortho intramolecular Hbond substituents is 1. The van der Waals surface area contributed by atoms with Gasteiger partial charge in [0, 0.05) is 25.2 Å². The summed E-state index contributed by atoms with van der Waals surface area (Å²) in [5.74, 6) is -0.651. The minimum atomic E-state index is -4.68. The molecule has 11 nitrogen and oxygen atoms in total. The molecule has 0 saturated carbocycles. The van der Waals surface area contributed by atoms with E-state index in [2.05, 4.69) is 15.5 Å². The highest BCUT2D eigenvalue weighted by atomic mass is 32.2. The predicted octanol–water partition coefficient (Wildman–Crippen LogP) is 3.08. The molecule has 0 radical (unpaired) electrons. The van der Waals surface area contributed by atoms with Crippen LogP contribution in [0.3, 0.4) is 0 Å². The number of azo groups is 1. The maximum absolute atomic E-state index is 11.8. The molecule has 0 aliphatic carbocycles. The smallest absolute Gasteiger partial charge is 0.294 e. The summed E-state index contributed by atoms with van der Waals surface area (Å²) in [5.41, 5.74) is 0.692. The Bertz CT molecular complexity index is 1350. The van der Waals surface area contributed by atoms with Crippen molar-refractivity contribution < 1.29 is 31.6 Å². The maximum atomic E-state index is 11.8. The summed E-state index contributed by atoms with van der Waals surface area (Å²) in [6, 6.07) is 9.74. The first-order chi connectivity index (χ1) is 15.0. The molecule has 32 heavy (non-hydrogen) atoms. The van der Waals surface area contributed by atoms with E-state index in [9.17, 15) is 31.6 Å². The van der Waals surface area contributed by atoms with Crippen molar-refractivity contribution in [2.24, 2.45) is 10.2 Å². The van der Waals surface area contributed by atoms with Crippen LogP contribution >= 0.6 is 0 Å². The number of benzene rings is 3. The van der Waals surface area contributed by atoms with E-state index in [4.69, 9.17) is 0 Å². The Kier molecular flexibility index (Phi) is 6.55. The lowest BCUT2D eigenvalue weighted by Gasteiger charge is -2.15. The van der Waals surface area contributed by atoms with Crippen molar-refractivity contribution in [1.29, 1.82) is 0 Å². The molecule has 0 aromatic heterocycles. The molecule has 168 valence electrons. The van der Waals surface area contributed by atoms with Gasteiger partial charge in [0.2, 0.25) is 6.41 Å². The molecule has 3 aromatic carbocycles. The molecule has 0 bridgehead atoms. The minimum Gasteiger partial charge on any atom is -0.768 e. The molecule has 1 unspecified atom stereocenters. The van der Waals surface area contributed by atoms with Crippen LogP contribution in [0.15, 0.2) is 62.5 Å². The van der Waals surface area contributed by atoms with E-state index in [1.54, 1.807) is 24.3 Å². The van der Waals surface area contributed by atoms with E-state index in [0.29, 0.717) is 5.69 Å². The van der Waals surface area contributed by atoms with E-state index in [1.165, 1.54) is 0 Å². The number of carbonyl (C=O) groups excluding carboxylic acids is 1. The van der Waals surface area contributed by atoms with Gasteiger partial charge in [-0.25, -0.2) is 0 Å². The van der Waals surface area contributed by atoms with Crippen LogP contribution in [0.25, 0.3) is 10.8 Å². The first kappa shape index (κ1) is 23.3. The number of nitrogens with zero attached hydrogens (tertiary/aromatic N) is 3. The lowest BCUT2D eigenvalue weighted by Crippen LogP contribution is -2.07. The fourth-order valence-electron chi connectivity index (χ4n) is 2.93. The van der Waals surface area contributed by atoms with Gasteiger partial charge in [-0.3, -0.25) is 13.6 Å². The molecule has 3 N–H and O–H groups in total. The number of hydrogen-bond acceptors (Lipinski definition) is 9. The van der Waals surface area contributed by atoms with Crippen LogP contribution < -0.4 is 10.2 Å². The van der Waals surface area contributed by atoms with Crippen molar-refractivity contribution in [3.8, 4) is 5.75 Å². The quantitative estimate of drug-likeness (QED) is 0.201. The molecule has 1 amide bonds. The molecule has 0 fully saturated rings. The van der Waals surface area contributed by atoms with E-state index >= 15 is 0 Å². The highest BCUT2D eigenvalue weighted by molar-refractivity contribution is 7.85. The molecule has 0 heterocycles. The normalized spacial score (nSPS) is 12.8. The van der Waals surface area contributed by atoms with Gasteiger partial charge in [-0.2, -0.15) is 13.5 Å². The lowest BCUT2D eigenvalue weighted by atomic mass is 10.1. The Morgan fingerprint density at radius 2 is 1.78 bits per heavy atom. The van der Waals surface area contributed by atoms with Crippen LogP contribution in [0, 0.1) is 0 Å². The summed E-state index contributed by atoms with van der Waals surface area (Å²) in [6.45, 7) is 0. The van der Waals surface area contributed by atoms with Gasteiger partial charge in [0.25, 0.3) is 10.1 Å². The number of rotatable bonds is 7. The third kappa shape index (κ3) is 4.75. The van der Waals surface area contributed by atoms with Crippen molar-refractivity contribution >= 4 is 61.1 Å². The zero-order chi connectivity index (χ0) is 23.6. The zero-order valence-corrected chi connectivity index (χ0v) is 18.3. The Morgan fingerprint density at radius 3 is 2.31 bits per heavy atom. The van der Waals surface area contributed by atoms with Gasteiger partial charge in [-0.15, -0.1) is 5.11 Å². The van der Waals surface area contributed by atoms with Crippen LogP contribution in [0.5, 0.6) is 5.75 Å². The van der Waals surface area contributed by atoms with Crippen molar-refractivity contribution in [2.45, 2.75) is 9.79 Å². The van der Waals surface area contributed by atoms with Crippen LogP contribution in [0.2, 0.25) is 0 Å². The van der Waals surface area contributed by atoms with Crippen molar-refractivity contribution in [3.63, 3.8) is 0 Å². The summed E-state index contributed by atoms with van der Waals surface area (Å²) in [4.78, 5) is 11.8. The monoisotopic (exact) mass is 477 g/mol. The molecule has 3 aromatic rings. The van der Waals surface area contributed by atoms with Gasteiger partial charge in [0.05, 0.1) is 21.2 Å². The summed E-state index contributed by atoms with van der Waals surface area (Å²) in [7, 11) is -0.966. The largest absolute Gasteiger partial charge is 0.768 e. The minimum absolute atomic E-state index is 0.0736. The predicted molar refractivity (Wildman–Crippen MR) is 117 cm³/mol. The number of amides is 1. The van der Waals surface area contributed by atoms with E-state index in [0.717, 1.165) is 23.9 Å². The van der Waals surface area contributed by atoms with Gasteiger partial charge in [0.1, 0.15) is 5.69 Å². The molecular formula is C19H17N4O7S2-. The Morgan fingerprint density at radius 1 is 1.12 bits per heavy atom. The maximum Gasteiger partial charge on any atom is 0.294 e. The van der Waals surface area contributed by atoms with Gasteiger partial charge >= 0.3 is 0 Å². The molecule has 0 aliphatic rings. The van der Waals surface area contributed by atoms with Gasteiger partial charge < -0.3 is 19.9 Å². The Hall–Kier alpha value is -3.39. The first-order valence-electron chi connectivity index (χ1n) is 8.82. The van der Waals surface area contributed by atoms with Gasteiger partial charge in [-0.05, 0) is 58.9 Å². The second-order valence-corrected chi connectivity index (χ2v) is 9.05. The van der Waals surface area contributed by atoms with Gasteiger partial charge in [0.15, 0.2) is 5.75 Å². The SMILES string of the molecule is CN(C)c1ccc(N=Nc2c(S(=O)[O-])cc3cc(S(=O)(=O)O)cc(NC=O)c3c2O)cc1. The zero-order valence-electron chi connectivity index (χ0n) is 16.7. The number of aromatic hydroxyl groups is 1. The van der Waals surface area contributed by atoms with Gasteiger partial charge in [-0.1, -0.05) is 0 Å². The molecule has 0 aliphatic heterocycles. The van der Waals surface area contributed by atoms with Crippen LogP contribution in [0.4, 0.5) is 22.7 Å². The van der Waals surface area contributed by atoms with E-state index in [-0.39, 0.29) is 22.9 Å². The highest BCUT2D eigenvalue weighted by Crippen LogP contribution is 2.44. The van der Waals surface area contributed by atoms with Crippen molar-refractivity contribution in [2.75, 3.05) is 24.3 Å². The standard InChI is InChI=1S/C19H18N4O7S2/c1-23(2)13-5-3-12(4-6-13)21-22-18-16(31(26)27)8-11-7-14(32(28,29)30)9-15(20-10-24)17(11)19(18)25/h3-10,25H,1-2H3,(H,20,24)(H,26,27)(H,28,29,30)/p-1. The highest BCUT2D eigenvalue weighted by Gasteiger charge is 2.20. The number of hydrogen-bond donors (Lipinski definition) is 3. The Balaban J connectivity index is 2.24. The molecule has 13 heteroatoms. The fourth-order valence-corrected chi connectivity index (χ4v) is 4.00.